The van der Waals surface area contributed by atoms with Crippen molar-refractivity contribution in [3.8, 4) is 17.6 Å². The van der Waals surface area contributed by atoms with Gasteiger partial charge < -0.3 is 26.5 Å². The minimum absolute atomic E-state index is 0.0350. The Labute approximate surface area is 205 Å². The number of carbonyl (C=O) groups is 1. The number of thiazole rings is 1. The van der Waals surface area contributed by atoms with Crippen molar-refractivity contribution in [2.75, 3.05) is 30.7 Å². The predicted octanol–water partition coefficient (Wildman–Crippen LogP) is 2.32. The number of fused-ring (bicyclic) bond motifs is 2. The highest BCUT2D eigenvalue weighted by Crippen LogP contribution is 2.31. The van der Waals surface area contributed by atoms with Crippen LogP contribution in [0.1, 0.15) is 16.1 Å². The number of aromatic hydroxyl groups is 1. The average molecular weight is 511 g/mol. The number of benzene rings is 2. The maximum atomic E-state index is 12.4. The molecule has 35 heavy (non-hydrogen) atoms. The van der Waals surface area contributed by atoms with Gasteiger partial charge in [0.1, 0.15) is 17.0 Å². The fraction of sp³-hybridized carbons (Fsp3) is 0.130. The van der Waals surface area contributed by atoms with E-state index in [4.69, 9.17) is 5.73 Å². The van der Waals surface area contributed by atoms with Crippen LogP contribution in [0.5, 0.6) is 5.75 Å². The van der Waals surface area contributed by atoms with Gasteiger partial charge >= 0.3 is 0 Å². The molecule has 2 heterocycles. The van der Waals surface area contributed by atoms with E-state index in [0.29, 0.717) is 28.5 Å². The lowest BCUT2D eigenvalue weighted by atomic mass is 10.2. The second kappa shape index (κ2) is 10.1. The number of hydrogen-bond acceptors (Lipinski definition) is 8. The molecule has 0 unspecified atom stereocenters. The predicted molar refractivity (Wildman–Crippen MR) is 139 cm³/mol. The van der Waals surface area contributed by atoms with E-state index >= 15 is 0 Å². The molecule has 0 spiro atoms. The van der Waals surface area contributed by atoms with E-state index in [1.807, 2.05) is 24.3 Å². The number of rotatable bonds is 8. The molecule has 0 saturated heterocycles. The van der Waals surface area contributed by atoms with Gasteiger partial charge in [0.25, 0.3) is 5.91 Å². The normalized spacial score (nSPS) is 11.2. The van der Waals surface area contributed by atoms with Crippen LogP contribution in [-0.4, -0.2) is 49.0 Å². The summed E-state index contributed by atoms with van der Waals surface area (Å²) in [5.41, 5.74) is 8.67. The summed E-state index contributed by atoms with van der Waals surface area (Å²) in [6.45, 7) is 3.71. The number of H-pyrrole nitrogens is 1. The van der Waals surface area contributed by atoms with Crippen molar-refractivity contribution in [3.63, 3.8) is 0 Å². The quantitative estimate of drug-likeness (QED) is 0.156. The molecule has 0 bridgehead atoms. The van der Waals surface area contributed by atoms with Crippen molar-refractivity contribution >= 4 is 59.2 Å². The number of nitrogens with zero attached hydrogens (tertiary/aromatic N) is 1. The molecule has 0 aliphatic rings. The zero-order valence-corrected chi connectivity index (χ0v) is 20.0. The number of hydrogen-bond donors (Lipinski definition) is 6. The van der Waals surface area contributed by atoms with E-state index in [1.54, 1.807) is 12.1 Å². The van der Waals surface area contributed by atoms with Gasteiger partial charge in [0.2, 0.25) is 10.0 Å². The Kier molecular flexibility index (Phi) is 6.92. The number of sulfonamides is 1. The number of phenolic OH excluding ortho intramolecular Hbond substituents is 1. The second-order valence-electron chi connectivity index (χ2n) is 7.36. The summed E-state index contributed by atoms with van der Waals surface area (Å²) in [6, 6.07) is 10.7. The molecular weight excluding hydrogens is 488 g/mol. The average Bonchev–Trinajstić information content (AvgIpc) is 3.43. The first kappa shape index (κ1) is 24.1. The van der Waals surface area contributed by atoms with Crippen molar-refractivity contribution in [2.45, 2.75) is 0 Å². The molecular formula is C23H22N6O4S2. The van der Waals surface area contributed by atoms with E-state index in [-0.39, 0.29) is 24.7 Å². The van der Waals surface area contributed by atoms with Crippen LogP contribution in [0.4, 0.5) is 10.8 Å². The zero-order chi connectivity index (χ0) is 25.0. The molecule has 4 aromatic rings. The molecule has 1 amide bonds. The van der Waals surface area contributed by atoms with E-state index in [9.17, 15) is 18.3 Å². The van der Waals surface area contributed by atoms with Crippen LogP contribution in [-0.2, 0) is 10.0 Å². The third kappa shape index (κ3) is 5.72. The van der Waals surface area contributed by atoms with Gasteiger partial charge in [-0.05, 0) is 24.3 Å². The Hall–Kier alpha value is -4.05. The molecule has 180 valence electrons. The molecule has 0 atom stereocenters. The number of aromatic nitrogens is 2. The molecule has 10 nitrogen and oxygen atoms in total. The first-order valence-corrected chi connectivity index (χ1v) is 12.8. The largest absolute Gasteiger partial charge is 0.506 e. The highest BCUT2D eigenvalue weighted by Gasteiger charge is 2.12. The number of nitrogens with one attached hydrogen (secondary N) is 4. The second-order valence-corrected chi connectivity index (χ2v) is 10.1. The van der Waals surface area contributed by atoms with Crippen LogP contribution in [0.2, 0.25) is 0 Å². The van der Waals surface area contributed by atoms with Crippen LogP contribution in [0.3, 0.4) is 0 Å². The van der Waals surface area contributed by atoms with E-state index in [2.05, 4.69) is 43.7 Å². The summed E-state index contributed by atoms with van der Waals surface area (Å²) in [4.78, 5) is 19.6. The minimum atomic E-state index is -3.53. The standard InChI is InChI=1S/C23H22N6O4S2/c1-2-35(32,33)27-10-9-26-22(31)17-13-15-6-3-7-16(20(15)28-17)25-8-4-5-14-11-18(30)21-19(12-14)34-23(24)29-21/h2-3,6-7,11-13,25,27-28,30H,1,8-10H2,(H2,24,29)(H,26,31). The van der Waals surface area contributed by atoms with Crippen LogP contribution < -0.4 is 21.1 Å². The molecule has 7 N–H and O–H groups in total. The molecule has 12 heteroatoms. The van der Waals surface area contributed by atoms with Gasteiger partial charge in [0.05, 0.1) is 22.4 Å². The first-order chi connectivity index (χ1) is 16.8. The summed E-state index contributed by atoms with van der Waals surface area (Å²) in [6.07, 6.45) is 0. The summed E-state index contributed by atoms with van der Waals surface area (Å²) < 4.78 is 25.7. The van der Waals surface area contributed by atoms with Crippen molar-refractivity contribution in [1.82, 2.24) is 20.0 Å². The van der Waals surface area contributed by atoms with Crippen LogP contribution in [0.15, 0.2) is 48.4 Å². The summed E-state index contributed by atoms with van der Waals surface area (Å²) in [5.74, 6) is 5.70. The van der Waals surface area contributed by atoms with Crippen LogP contribution in [0.25, 0.3) is 21.1 Å². The number of amides is 1. The van der Waals surface area contributed by atoms with Gasteiger partial charge in [-0.1, -0.05) is 41.9 Å². The third-order valence-corrected chi connectivity index (χ3v) is 6.80. The van der Waals surface area contributed by atoms with Crippen molar-refractivity contribution in [1.29, 1.82) is 0 Å². The molecule has 0 fully saturated rings. The lowest BCUT2D eigenvalue weighted by molar-refractivity contribution is 0.0950. The first-order valence-electron chi connectivity index (χ1n) is 10.4. The number of phenols is 1. The number of nitrogens with two attached hydrogens (primary N) is 1. The topological polar surface area (TPSA) is 162 Å². The maximum absolute atomic E-state index is 12.4. The van der Waals surface area contributed by atoms with E-state index < -0.39 is 10.0 Å². The Morgan fingerprint density at radius 3 is 2.91 bits per heavy atom. The van der Waals surface area contributed by atoms with Gasteiger partial charge in [-0.25, -0.2) is 18.1 Å². The lowest BCUT2D eigenvalue weighted by Crippen LogP contribution is -2.34. The summed E-state index contributed by atoms with van der Waals surface area (Å²) >= 11 is 1.28. The number of nitrogen functional groups attached to an aromatic ring is 1. The van der Waals surface area contributed by atoms with Gasteiger partial charge in [-0.15, -0.1) is 0 Å². The smallest absolute Gasteiger partial charge is 0.267 e. The van der Waals surface area contributed by atoms with Gasteiger partial charge in [-0.3, -0.25) is 4.79 Å². The Balaban J connectivity index is 1.40. The Morgan fingerprint density at radius 1 is 1.29 bits per heavy atom. The summed E-state index contributed by atoms with van der Waals surface area (Å²) in [7, 11) is -3.53. The number of anilines is 2. The summed E-state index contributed by atoms with van der Waals surface area (Å²) in [5, 5.41) is 18.0. The Morgan fingerprint density at radius 2 is 2.11 bits per heavy atom. The fourth-order valence-corrected chi connectivity index (χ4v) is 4.64. The zero-order valence-electron chi connectivity index (χ0n) is 18.4. The molecule has 2 aromatic carbocycles. The SMILES string of the molecule is C=CS(=O)(=O)NCCNC(=O)c1cc2cccc(NCC#Cc3cc(O)c4nc(N)sc4c3)c2[nH]1. The fourth-order valence-electron chi connectivity index (χ4n) is 3.34. The maximum Gasteiger partial charge on any atom is 0.267 e. The van der Waals surface area contributed by atoms with E-state index in [0.717, 1.165) is 26.7 Å². The molecule has 0 radical (unpaired) electrons. The monoisotopic (exact) mass is 510 g/mol. The molecule has 0 aliphatic heterocycles. The number of aromatic amines is 1. The molecule has 0 aliphatic carbocycles. The van der Waals surface area contributed by atoms with Gasteiger partial charge in [0, 0.05) is 29.4 Å². The minimum Gasteiger partial charge on any atom is -0.506 e. The van der Waals surface area contributed by atoms with Crippen molar-refractivity contribution < 1.29 is 18.3 Å². The number of para-hydroxylation sites is 1. The Bertz CT molecular complexity index is 1590. The molecule has 2 aromatic heterocycles. The third-order valence-electron chi connectivity index (χ3n) is 4.93. The molecule has 4 rings (SSSR count). The highest BCUT2D eigenvalue weighted by atomic mass is 32.2. The highest BCUT2D eigenvalue weighted by molar-refractivity contribution is 7.92. The number of carbonyl (C=O) groups excluding carboxylic acids is 1. The van der Waals surface area contributed by atoms with Crippen LogP contribution in [0, 0.1) is 11.8 Å². The lowest BCUT2D eigenvalue weighted by Gasteiger charge is -2.05. The molecule has 0 saturated carbocycles. The van der Waals surface area contributed by atoms with Gasteiger partial charge in [0.15, 0.2) is 5.13 Å². The van der Waals surface area contributed by atoms with Crippen molar-refractivity contribution in [2.24, 2.45) is 0 Å². The van der Waals surface area contributed by atoms with Crippen LogP contribution >= 0.6 is 11.3 Å². The van der Waals surface area contributed by atoms with Crippen molar-refractivity contribution in [3.05, 3.63) is 59.6 Å². The van der Waals surface area contributed by atoms with E-state index in [1.165, 1.54) is 11.3 Å². The van der Waals surface area contributed by atoms with Gasteiger partial charge in [-0.2, -0.15) is 0 Å².